The van der Waals surface area contributed by atoms with E-state index >= 15 is 0 Å². The minimum Gasteiger partial charge on any atom is -0.454 e. The van der Waals surface area contributed by atoms with E-state index in [0.29, 0.717) is 24.5 Å². The van der Waals surface area contributed by atoms with E-state index in [4.69, 9.17) is 15.2 Å². The first-order valence-electron chi connectivity index (χ1n) is 6.62. The Bertz CT molecular complexity index is 657. The van der Waals surface area contributed by atoms with Gasteiger partial charge >= 0.3 is 0 Å². The molecule has 2 aromatic rings. The molecule has 6 nitrogen and oxygen atoms in total. The van der Waals surface area contributed by atoms with Crippen molar-refractivity contribution in [2.24, 2.45) is 5.73 Å². The predicted molar refractivity (Wildman–Crippen MR) is 79.7 cm³/mol. The summed E-state index contributed by atoms with van der Waals surface area (Å²) in [5.74, 6) is 1.26. The van der Waals surface area contributed by atoms with Crippen LogP contribution in [-0.4, -0.2) is 30.8 Å². The molecular formula is C14H15N3O3S. The minimum atomic E-state index is -0.174. The Labute approximate surface area is 125 Å². The molecule has 0 atom stereocenters. The molecule has 21 heavy (non-hydrogen) atoms. The number of fused-ring (bicyclic) bond motifs is 1. The topological polar surface area (TPSA) is 86.5 Å². The fourth-order valence-corrected chi connectivity index (χ4v) is 2.73. The van der Waals surface area contributed by atoms with Gasteiger partial charge in [-0.15, -0.1) is 11.3 Å². The first-order chi connectivity index (χ1) is 10.3. The van der Waals surface area contributed by atoms with E-state index in [1.165, 1.54) is 11.3 Å². The molecule has 110 valence electrons. The SMILES string of the molecule is NCCCNC(=O)c1csc(-c2ccc3c(c2)OCO3)n1. The third kappa shape index (κ3) is 2.98. The fraction of sp³-hybridized carbons (Fsp3) is 0.286. The molecule has 0 aliphatic carbocycles. The highest BCUT2D eigenvalue weighted by molar-refractivity contribution is 7.13. The summed E-state index contributed by atoms with van der Waals surface area (Å²) >= 11 is 1.42. The number of amides is 1. The summed E-state index contributed by atoms with van der Waals surface area (Å²) in [6, 6.07) is 5.62. The van der Waals surface area contributed by atoms with Crippen molar-refractivity contribution >= 4 is 17.2 Å². The largest absolute Gasteiger partial charge is 0.454 e. The quantitative estimate of drug-likeness (QED) is 0.820. The zero-order valence-corrected chi connectivity index (χ0v) is 12.1. The number of hydrogen-bond donors (Lipinski definition) is 2. The van der Waals surface area contributed by atoms with Crippen molar-refractivity contribution in [3.63, 3.8) is 0 Å². The number of aromatic nitrogens is 1. The number of thiazole rings is 1. The van der Waals surface area contributed by atoms with Crippen molar-refractivity contribution in [1.29, 1.82) is 0 Å². The molecule has 1 aliphatic heterocycles. The van der Waals surface area contributed by atoms with Gasteiger partial charge in [-0.1, -0.05) is 0 Å². The van der Waals surface area contributed by atoms with E-state index in [0.717, 1.165) is 22.7 Å². The molecule has 3 N–H and O–H groups in total. The Morgan fingerprint density at radius 2 is 2.24 bits per heavy atom. The van der Waals surface area contributed by atoms with Gasteiger partial charge in [0.15, 0.2) is 11.5 Å². The molecule has 0 fully saturated rings. The van der Waals surface area contributed by atoms with Crippen LogP contribution in [0.2, 0.25) is 0 Å². The predicted octanol–water partition coefficient (Wildman–Crippen LogP) is 1.62. The number of carbonyl (C=O) groups excluding carboxylic acids is 1. The van der Waals surface area contributed by atoms with Gasteiger partial charge in [0.1, 0.15) is 10.7 Å². The highest BCUT2D eigenvalue weighted by Crippen LogP contribution is 2.36. The fourth-order valence-electron chi connectivity index (χ4n) is 1.93. The highest BCUT2D eigenvalue weighted by Gasteiger charge is 2.16. The summed E-state index contributed by atoms with van der Waals surface area (Å²) in [5.41, 5.74) is 6.72. The summed E-state index contributed by atoms with van der Waals surface area (Å²) in [5, 5.41) is 5.31. The van der Waals surface area contributed by atoms with Crippen molar-refractivity contribution in [3.8, 4) is 22.1 Å². The average Bonchev–Trinajstić information content (AvgIpc) is 3.15. The number of nitrogens with two attached hydrogens (primary N) is 1. The molecule has 0 radical (unpaired) electrons. The molecular weight excluding hydrogens is 290 g/mol. The van der Waals surface area contributed by atoms with Crippen molar-refractivity contribution < 1.29 is 14.3 Å². The molecule has 0 spiro atoms. The van der Waals surface area contributed by atoms with Crippen LogP contribution in [0.1, 0.15) is 16.9 Å². The van der Waals surface area contributed by atoms with E-state index in [9.17, 15) is 4.79 Å². The zero-order valence-electron chi connectivity index (χ0n) is 11.3. The summed E-state index contributed by atoms with van der Waals surface area (Å²) in [6.45, 7) is 1.36. The molecule has 1 aromatic heterocycles. The van der Waals surface area contributed by atoms with Gasteiger partial charge in [0.05, 0.1) is 0 Å². The third-order valence-electron chi connectivity index (χ3n) is 3.02. The molecule has 0 unspecified atom stereocenters. The second-order valence-electron chi connectivity index (χ2n) is 4.50. The van der Waals surface area contributed by atoms with Crippen molar-refractivity contribution in [2.75, 3.05) is 19.9 Å². The summed E-state index contributed by atoms with van der Waals surface area (Å²) in [7, 11) is 0. The van der Waals surface area contributed by atoms with E-state index in [1.54, 1.807) is 5.38 Å². The molecule has 2 heterocycles. The van der Waals surface area contributed by atoms with E-state index in [-0.39, 0.29) is 12.7 Å². The van der Waals surface area contributed by atoms with Crippen molar-refractivity contribution in [3.05, 3.63) is 29.3 Å². The normalized spacial score (nSPS) is 12.4. The summed E-state index contributed by atoms with van der Waals surface area (Å²) < 4.78 is 10.6. The third-order valence-corrected chi connectivity index (χ3v) is 3.91. The molecule has 0 bridgehead atoms. The second kappa shape index (κ2) is 6.11. The number of rotatable bonds is 5. The van der Waals surface area contributed by atoms with E-state index in [1.807, 2.05) is 18.2 Å². The van der Waals surface area contributed by atoms with Crippen LogP contribution in [-0.2, 0) is 0 Å². The van der Waals surface area contributed by atoms with Gasteiger partial charge in [0, 0.05) is 17.5 Å². The Balaban J connectivity index is 1.74. The molecule has 0 saturated heterocycles. The summed E-state index contributed by atoms with van der Waals surface area (Å²) in [6.07, 6.45) is 0.755. The van der Waals surface area contributed by atoms with Crippen LogP contribution in [0.3, 0.4) is 0 Å². The van der Waals surface area contributed by atoms with Crippen LogP contribution in [0.25, 0.3) is 10.6 Å². The molecule has 1 amide bonds. The van der Waals surface area contributed by atoms with Crippen LogP contribution >= 0.6 is 11.3 Å². The van der Waals surface area contributed by atoms with E-state index < -0.39 is 0 Å². The van der Waals surface area contributed by atoms with Gasteiger partial charge in [-0.25, -0.2) is 4.98 Å². The smallest absolute Gasteiger partial charge is 0.270 e. The number of nitrogens with zero attached hydrogens (tertiary/aromatic N) is 1. The van der Waals surface area contributed by atoms with Crippen LogP contribution in [0.5, 0.6) is 11.5 Å². The Kier molecular flexibility index (Phi) is 4.03. The number of nitrogens with one attached hydrogen (secondary N) is 1. The lowest BCUT2D eigenvalue weighted by atomic mass is 10.2. The molecule has 7 heteroatoms. The Hall–Kier alpha value is -2.12. The van der Waals surface area contributed by atoms with Crippen LogP contribution < -0.4 is 20.5 Å². The van der Waals surface area contributed by atoms with Crippen LogP contribution in [0.15, 0.2) is 23.6 Å². The summed E-state index contributed by atoms with van der Waals surface area (Å²) in [4.78, 5) is 16.3. The zero-order chi connectivity index (χ0) is 14.7. The number of benzene rings is 1. The standard InChI is InChI=1S/C14H15N3O3S/c15-4-1-5-16-13(18)10-7-21-14(17-10)9-2-3-11-12(6-9)20-8-19-11/h2-3,6-7H,1,4-5,8,15H2,(H,16,18). The van der Waals surface area contributed by atoms with Gasteiger partial charge in [-0.2, -0.15) is 0 Å². The van der Waals surface area contributed by atoms with Gasteiger partial charge < -0.3 is 20.5 Å². The molecule has 1 aromatic carbocycles. The van der Waals surface area contributed by atoms with Crippen molar-refractivity contribution in [2.45, 2.75) is 6.42 Å². The molecule has 3 rings (SSSR count). The minimum absolute atomic E-state index is 0.174. The number of hydrogen-bond acceptors (Lipinski definition) is 6. The van der Waals surface area contributed by atoms with Gasteiger partial charge in [0.2, 0.25) is 6.79 Å². The Morgan fingerprint density at radius 1 is 1.38 bits per heavy atom. The van der Waals surface area contributed by atoms with Crippen LogP contribution in [0.4, 0.5) is 0 Å². The average molecular weight is 305 g/mol. The maximum atomic E-state index is 11.9. The van der Waals surface area contributed by atoms with Gasteiger partial charge in [0.25, 0.3) is 5.91 Å². The highest BCUT2D eigenvalue weighted by atomic mass is 32.1. The first-order valence-corrected chi connectivity index (χ1v) is 7.49. The first kappa shape index (κ1) is 13.8. The monoisotopic (exact) mass is 305 g/mol. The van der Waals surface area contributed by atoms with Gasteiger partial charge in [-0.3, -0.25) is 4.79 Å². The van der Waals surface area contributed by atoms with E-state index in [2.05, 4.69) is 10.3 Å². The Morgan fingerprint density at radius 3 is 3.10 bits per heavy atom. The van der Waals surface area contributed by atoms with Crippen LogP contribution in [0, 0.1) is 0 Å². The maximum Gasteiger partial charge on any atom is 0.270 e. The van der Waals surface area contributed by atoms with Crippen molar-refractivity contribution in [1.82, 2.24) is 10.3 Å². The lowest BCUT2D eigenvalue weighted by Gasteiger charge is -2.01. The molecule has 0 saturated carbocycles. The lowest BCUT2D eigenvalue weighted by Crippen LogP contribution is -2.26. The number of ether oxygens (including phenoxy) is 2. The number of carbonyl (C=O) groups is 1. The lowest BCUT2D eigenvalue weighted by molar-refractivity contribution is 0.0949. The van der Waals surface area contributed by atoms with Gasteiger partial charge in [-0.05, 0) is 31.2 Å². The molecule has 1 aliphatic rings. The second-order valence-corrected chi connectivity index (χ2v) is 5.36. The maximum absolute atomic E-state index is 11.9.